The summed E-state index contributed by atoms with van der Waals surface area (Å²) in [5.41, 5.74) is 2.52. The molecule has 0 heterocycles. The molecule has 0 aliphatic rings. The normalized spacial score (nSPS) is 11.8. The number of methoxy groups -OCH3 is 1. The van der Waals surface area contributed by atoms with E-state index < -0.39 is 11.9 Å². The van der Waals surface area contributed by atoms with E-state index in [1.54, 1.807) is 38.1 Å². The average molecular weight is 401 g/mol. The summed E-state index contributed by atoms with van der Waals surface area (Å²) in [4.78, 5) is 28.1. The molecule has 0 bridgehead atoms. The quantitative estimate of drug-likeness (QED) is 0.739. The minimum Gasteiger partial charge on any atom is -0.494 e. The number of rotatable bonds is 8. The molecule has 156 valence electrons. The number of ether oxygens (including phenoxy) is 1. The Morgan fingerprint density at radius 2 is 1.79 bits per heavy atom. The Morgan fingerprint density at radius 3 is 2.38 bits per heavy atom. The van der Waals surface area contributed by atoms with Gasteiger partial charge in [0.1, 0.15) is 0 Å². The van der Waals surface area contributed by atoms with Crippen molar-refractivity contribution in [1.82, 2.24) is 9.80 Å². The number of halogens is 1. The number of anilines is 1. The van der Waals surface area contributed by atoms with Crippen molar-refractivity contribution < 1.29 is 18.7 Å². The average Bonchev–Trinajstić information content (AvgIpc) is 2.68. The molecule has 7 heteroatoms. The lowest BCUT2D eigenvalue weighted by atomic mass is 10.1. The topological polar surface area (TPSA) is 61.9 Å². The van der Waals surface area contributed by atoms with E-state index in [4.69, 9.17) is 4.74 Å². The number of aryl methyl sites for hydroxylation is 1. The molecular formula is C22H28FN3O3. The zero-order valence-electron chi connectivity index (χ0n) is 17.5. The maximum absolute atomic E-state index is 13.9. The Morgan fingerprint density at radius 1 is 1.14 bits per heavy atom. The molecule has 6 nitrogen and oxygen atoms in total. The van der Waals surface area contributed by atoms with Gasteiger partial charge in [-0.25, -0.2) is 4.39 Å². The van der Waals surface area contributed by atoms with E-state index in [0.29, 0.717) is 12.2 Å². The number of likely N-dealkylation sites (N-methyl/N-ethyl adjacent to an activating group) is 2. The van der Waals surface area contributed by atoms with E-state index in [-0.39, 0.29) is 24.1 Å². The highest BCUT2D eigenvalue weighted by Gasteiger charge is 2.23. The molecule has 0 aliphatic carbocycles. The van der Waals surface area contributed by atoms with Gasteiger partial charge >= 0.3 is 0 Å². The molecule has 0 unspecified atom stereocenters. The number of benzene rings is 2. The molecule has 29 heavy (non-hydrogen) atoms. The summed E-state index contributed by atoms with van der Waals surface area (Å²) in [5.74, 6) is -0.723. The first-order valence-corrected chi connectivity index (χ1v) is 9.35. The van der Waals surface area contributed by atoms with Gasteiger partial charge in [0.25, 0.3) is 0 Å². The first kappa shape index (κ1) is 22.4. The molecule has 1 N–H and O–H groups in total. The number of carbonyl (C=O) groups excluding carboxylic acids is 2. The van der Waals surface area contributed by atoms with Crippen LogP contribution in [0.25, 0.3) is 0 Å². The lowest BCUT2D eigenvalue weighted by Gasteiger charge is -2.28. The van der Waals surface area contributed by atoms with Gasteiger partial charge in [-0.3, -0.25) is 14.5 Å². The smallest absolute Gasteiger partial charge is 0.243 e. The Hall–Kier alpha value is -2.93. The molecule has 0 aliphatic heterocycles. The van der Waals surface area contributed by atoms with E-state index in [1.165, 1.54) is 18.1 Å². The van der Waals surface area contributed by atoms with Gasteiger partial charge in [0.15, 0.2) is 11.6 Å². The maximum Gasteiger partial charge on any atom is 0.243 e. The van der Waals surface area contributed by atoms with Crippen LogP contribution in [0.5, 0.6) is 5.75 Å². The van der Waals surface area contributed by atoms with Crippen LogP contribution in [-0.4, -0.2) is 55.4 Å². The molecular weight excluding hydrogens is 373 g/mol. The van der Waals surface area contributed by atoms with Crippen molar-refractivity contribution in [2.24, 2.45) is 0 Å². The third-order valence-electron chi connectivity index (χ3n) is 4.76. The van der Waals surface area contributed by atoms with Crippen molar-refractivity contribution in [2.75, 3.05) is 33.1 Å². The van der Waals surface area contributed by atoms with Crippen LogP contribution in [0, 0.1) is 12.7 Å². The van der Waals surface area contributed by atoms with E-state index in [1.807, 2.05) is 31.2 Å². The monoisotopic (exact) mass is 401 g/mol. The molecule has 0 fully saturated rings. The number of nitrogens with one attached hydrogen (secondary N) is 1. The summed E-state index contributed by atoms with van der Waals surface area (Å²) in [6.07, 6.45) is 0. The van der Waals surface area contributed by atoms with Crippen LogP contribution in [0.4, 0.5) is 10.1 Å². The predicted molar refractivity (Wildman–Crippen MR) is 111 cm³/mol. The van der Waals surface area contributed by atoms with Crippen molar-refractivity contribution in [3.63, 3.8) is 0 Å². The SMILES string of the molecule is COc1ccc(CN(C)[C@@H](C)C(=O)N(C)CC(=O)Nc2ccc(C)cc2)cc1F. The van der Waals surface area contributed by atoms with Gasteiger partial charge in [0, 0.05) is 19.3 Å². The van der Waals surface area contributed by atoms with Crippen molar-refractivity contribution >= 4 is 17.5 Å². The van der Waals surface area contributed by atoms with Crippen LogP contribution in [0.2, 0.25) is 0 Å². The number of amides is 2. The second-order valence-electron chi connectivity index (χ2n) is 7.17. The number of hydrogen-bond donors (Lipinski definition) is 1. The van der Waals surface area contributed by atoms with Crippen LogP contribution in [0.3, 0.4) is 0 Å². The molecule has 0 radical (unpaired) electrons. The largest absolute Gasteiger partial charge is 0.494 e. The van der Waals surface area contributed by atoms with Crippen LogP contribution in [0.1, 0.15) is 18.1 Å². The van der Waals surface area contributed by atoms with Crippen molar-refractivity contribution in [3.8, 4) is 5.75 Å². The highest BCUT2D eigenvalue weighted by atomic mass is 19.1. The van der Waals surface area contributed by atoms with E-state index >= 15 is 0 Å². The van der Waals surface area contributed by atoms with Crippen LogP contribution in [-0.2, 0) is 16.1 Å². The third kappa shape index (κ3) is 6.29. The second kappa shape index (κ2) is 10.0. The fourth-order valence-corrected chi connectivity index (χ4v) is 2.87. The fraction of sp³-hybridized carbons (Fsp3) is 0.364. The lowest BCUT2D eigenvalue weighted by Crippen LogP contribution is -2.46. The minimum absolute atomic E-state index is 0.0535. The zero-order chi connectivity index (χ0) is 21.6. The highest BCUT2D eigenvalue weighted by molar-refractivity contribution is 5.95. The Bertz CT molecular complexity index is 855. The molecule has 2 amide bonds. The summed E-state index contributed by atoms with van der Waals surface area (Å²) in [7, 11) is 4.79. The maximum atomic E-state index is 13.9. The van der Waals surface area contributed by atoms with Crippen LogP contribution < -0.4 is 10.1 Å². The van der Waals surface area contributed by atoms with E-state index in [0.717, 1.165) is 11.1 Å². The minimum atomic E-state index is -0.475. The summed E-state index contributed by atoms with van der Waals surface area (Å²) in [6, 6.07) is 11.7. The fourth-order valence-electron chi connectivity index (χ4n) is 2.87. The van der Waals surface area contributed by atoms with Gasteiger partial charge < -0.3 is 15.0 Å². The highest BCUT2D eigenvalue weighted by Crippen LogP contribution is 2.19. The molecule has 0 aromatic heterocycles. The van der Waals surface area contributed by atoms with Crippen molar-refractivity contribution in [3.05, 3.63) is 59.4 Å². The molecule has 2 aromatic rings. The molecule has 2 aromatic carbocycles. The van der Waals surface area contributed by atoms with Gasteiger partial charge in [0.05, 0.1) is 19.7 Å². The number of carbonyl (C=O) groups is 2. The first-order valence-electron chi connectivity index (χ1n) is 9.35. The summed E-state index contributed by atoms with van der Waals surface area (Å²) in [6.45, 7) is 4.06. The summed E-state index contributed by atoms with van der Waals surface area (Å²) >= 11 is 0. The number of nitrogens with zero attached hydrogens (tertiary/aromatic N) is 2. The van der Waals surface area contributed by atoms with Crippen molar-refractivity contribution in [2.45, 2.75) is 26.4 Å². The Kier molecular flexibility index (Phi) is 7.73. The van der Waals surface area contributed by atoms with E-state index in [2.05, 4.69) is 5.32 Å². The Labute approximate surface area is 171 Å². The second-order valence-corrected chi connectivity index (χ2v) is 7.17. The molecule has 0 spiro atoms. The van der Waals surface area contributed by atoms with Gasteiger partial charge in [-0.2, -0.15) is 0 Å². The summed E-state index contributed by atoms with van der Waals surface area (Å²) in [5, 5.41) is 2.78. The first-order chi connectivity index (χ1) is 13.7. The zero-order valence-corrected chi connectivity index (χ0v) is 17.5. The Balaban J connectivity index is 1.90. The standard InChI is InChI=1S/C22H28FN3O3/c1-15-6-9-18(10-7-15)24-21(27)14-26(4)22(28)16(2)25(3)13-17-8-11-20(29-5)19(23)12-17/h6-12,16H,13-14H2,1-5H3,(H,24,27)/t16-/m0/s1. The molecule has 2 rings (SSSR count). The van der Waals surface area contributed by atoms with Gasteiger partial charge in [-0.15, -0.1) is 0 Å². The molecule has 1 atom stereocenters. The van der Waals surface area contributed by atoms with Crippen LogP contribution in [0.15, 0.2) is 42.5 Å². The number of hydrogen-bond acceptors (Lipinski definition) is 4. The van der Waals surface area contributed by atoms with Gasteiger partial charge in [-0.05, 0) is 50.7 Å². The van der Waals surface area contributed by atoms with Crippen molar-refractivity contribution in [1.29, 1.82) is 0 Å². The lowest BCUT2D eigenvalue weighted by molar-refractivity contribution is -0.137. The molecule has 0 saturated heterocycles. The van der Waals surface area contributed by atoms with E-state index in [9.17, 15) is 14.0 Å². The van der Waals surface area contributed by atoms with Gasteiger partial charge in [-0.1, -0.05) is 23.8 Å². The third-order valence-corrected chi connectivity index (χ3v) is 4.76. The van der Waals surface area contributed by atoms with Gasteiger partial charge in [0.2, 0.25) is 11.8 Å². The summed E-state index contributed by atoms with van der Waals surface area (Å²) < 4.78 is 18.8. The van der Waals surface area contributed by atoms with Crippen LogP contribution >= 0.6 is 0 Å². The predicted octanol–water partition coefficient (Wildman–Crippen LogP) is 3.06. The molecule has 0 saturated carbocycles.